The molecule has 1 atom stereocenters. The first kappa shape index (κ1) is 11.1. The third-order valence-corrected chi connectivity index (χ3v) is 3.12. The fourth-order valence-corrected chi connectivity index (χ4v) is 2.03. The van der Waals surface area contributed by atoms with E-state index in [2.05, 4.69) is 0 Å². The number of carbonyl (C=O) groups is 1. The molecule has 3 nitrogen and oxygen atoms in total. The van der Waals surface area contributed by atoms with Gasteiger partial charge in [-0.25, -0.2) is 0 Å². The van der Waals surface area contributed by atoms with E-state index in [0.717, 1.165) is 36.3 Å². The topological polar surface area (TPSA) is 52.3 Å². The zero-order valence-electron chi connectivity index (χ0n) is 9.53. The molecule has 0 saturated heterocycles. The maximum Gasteiger partial charge on any atom is 0.167 e. The highest BCUT2D eigenvalue weighted by Crippen LogP contribution is 2.27. The Hall–Kier alpha value is -1.35. The molecule has 1 aromatic carbocycles. The number of fused-ring (bicyclic) bond motifs is 1. The van der Waals surface area contributed by atoms with Crippen LogP contribution in [0.3, 0.4) is 0 Å². The molecule has 86 valence electrons. The van der Waals surface area contributed by atoms with Crippen molar-refractivity contribution in [1.82, 2.24) is 0 Å². The Morgan fingerprint density at radius 1 is 1.56 bits per heavy atom. The fourth-order valence-electron chi connectivity index (χ4n) is 2.03. The van der Waals surface area contributed by atoms with Gasteiger partial charge >= 0.3 is 0 Å². The second kappa shape index (κ2) is 4.66. The van der Waals surface area contributed by atoms with Gasteiger partial charge in [-0.3, -0.25) is 4.79 Å². The van der Waals surface area contributed by atoms with Gasteiger partial charge < -0.3 is 10.5 Å². The molecular weight excluding hydrogens is 202 g/mol. The Labute approximate surface area is 95.6 Å². The van der Waals surface area contributed by atoms with E-state index in [1.807, 2.05) is 25.1 Å². The van der Waals surface area contributed by atoms with E-state index >= 15 is 0 Å². The van der Waals surface area contributed by atoms with Crippen molar-refractivity contribution in [1.29, 1.82) is 0 Å². The van der Waals surface area contributed by atoms with Gasteiger partial charge in [-0.2, -0.15) is 0 Å². The van der Waals surface area contributed by atoms with Gasteiger partial charge in [-0.05, 0) is 30.2 Å². The number of hydrogen-bond donors (Lipinski definition) is 1. The van der Waals surface area contributed by atoms with Crippen LogP contribution in [-0.4, -0.2) is 18.9 Å². The molecule has 0 aliphatic carbocycles. The van der Waals surface area contributed by atoms with Gasteiger partial charge in [0.1, 0.15) is 5.75 Å². The average molecular weight is 219 g/mol. The molecule has 2 N–H and O–H groups in total. The minimum absolute atomic E-state index is 0.0552. The summed E-state index contributed by atoms with van der Waals surface area (Å²) in [5.74, 6) is 1.01. The zero-order chi connectivity index (χ0) is 11.5. The van der Waals surface area contributed by atoms with Crippen LogP contribution in [0.25, 0.3) is 0 Å². The highest BCUT2D eigenvalue weighted by molar-refractivity contribution is 5.98. The largest absolute Gasteiger partial charge is 0.493 e. The van der Waals surface area contributed by atoms with Crippen LogP contribution < -0.4 is 10.5 Å². The minimum Gasteiger partial charge on any atom is -0.493 e. The molecule has 2 rings (SSSR count). The first-order valence-corrected chi connectivity index (χ1v) is 5.76. The molecule has 0 aromatic heterocycles. The Kier molecular flexibility index (Phi) is 3.25. The van der Waals surface area contributed by atoms with Crippen LogP contribution in [0.4, 0.5) is 0 Å². The monoisotopic (exact) mass is 219 g/mol. The summed E-state index contributed by atoms with van der Waals surface area (Å²) >= 11 is 0. The summed E-state index contributed by atoms with van der Waals surface area (Å²) in [6.07, 6.45) is 1.69. The third-order valence-electron chi connectivity index (χ3n) is 3.12. The molecule has 0 bridgehead atoms. The van der Waals surface area contributed by atoms with E-state index in [4.69, 9.17) is 10.5 Å². The Morgan fingerprint density at radius 3 is 3.06 bits per heavy atom. The van der Waals surface area contributed by atoms with Crippen molar-refractivity contribution in [3.8, 4) is 5.75 Å². The molecule has 0 saturated carbocycles. The summed E-state index contributed by atoms with van der Waals surface area (Å²) in [4.78, 5) is 12.1. The van der Waals surface area contributed by atoms with Gasteiger partial charge in [0.2, 0.25) is 0 Å². The molecule has 1 aliphatic rings. The number of rotatable bonds is 4. The van der Waals surface area contributed by atoms with E-state index in [1.165, 1.54) is 0 Å². The van der Waals surface area contributed by atoms with E-state index in [9.17, 15) is 4.79 Å². The lowest BCUT2D eigenvalue weighted by Crippen LogP contribution is -2.23. The van der Waals surface area contributed by atoms with E-state index < -0.39 is 0 Å². The number of ketones is 1. The Balaban J connectivity index is 2.24. The highest BCUT2D eigenvalue weighted by Gasteiger charge is 2.19. The molecule has 1 heterocycles. The van der Waals surface area contributed by atoms with Gasteiger partial charge in [0.15, 0.2) is 5.78 Å². The van der Waals surface area contributed by atoms with Gasteiger partial charge in [-0.15, -0.1) is 0 Å². The second-order valence-electron chi connectivity index (χ2n) is 4.13. The predicted octanol–water partition coefficient (Wildman–Crippen LogP) is 1.79. The van der Waals surface area contributed by atoms with E-state index in [1.54, 1.807) is 0 Å². The number of ether oxygens (including phenoxy) is 1. The van der Waals surface area contributed by atoms with E-state index in [-0.39, 0.29) is 11.7 Å². The lowest BCUT2D eigenvalue weighted by molar-refractivity contribution is 0.0921. The molecule has 0 spiro atoms. The van der Waals surface area contributed by atoms with Crippen LogP contribution in [-0.2, 0) is 6.42 Å². The third kappa shape index (κ3) is 1.95. The molecule has 0 amide bonds. The summed E-state index contributed by atoms with van der Waals surface area (Å²) in [5.41, 5.74) is 7.49. The lowest BCUT2D eigenvalue weighted by Gasteiger charge is -2.11. The van der Waals surface area contributed by atoms with Gasteiger partial charge in [0.25, 0.3) is 0 Å². The number of benzene rings is 1. The molecule has 3 heteroatoms. The number of hydrogen-bond acceptors (Lipinski definition) is 3. The zero-order valence-corrected chi connectivity index (χ0v) is 9.53. The molecule has 1 aliphatic heterocycles. The van der Waals surface area contributed by atoms with Crippen molar-refractivity contribution in [2.45, 2.75) is 19.8 Å². The molecule has 16 heavy (non-hydrogen) atoms. The van der Waals surface area contributed by atoms with Crippen molar-refractivity contribution < 1.29 is 9.53 Å². The first-order valence-electron chi connectivity index (χ1n) is 5.76. The van der Waals surface area contributed by atoms with Crippen LogP contribution in [0.5, 0.6) is 5.75 Å². The first-order chi connectivity index (χ1) is 7.76. The smallest absolute Gasteiger partial charge is 0.167 e. The summed E-state index contributed by atoms with van der Waals surface area (Å²) in [7, 11) is 0. The SMILES string of the molecule is CCC(CN)C(=O)c1ccc2c(c1)CCO2. The van der Waals surface area contributed by atoms with Gasteiger partial charge in [-0.1, -0.05) is 6.92 Å². The Bertz CT molecular complexity index is 397. The van der Waals surface area contributed by atoms with Crippen LogP contribution in [0, 0.1) is 5.92 Å². The predicted molar refractivity (Wildman–Crippen MR) is 62.8 cm³/mol. The quantitative estimate of drug-likeness (QED) is 0.785. The van der Waals surface area contributed by atoms with Crippen LogP contribution in [0.15, 0.2) is 18.2 Å². The average Bonchev–Trinajstić information content (AvgIpc) is 2.77. The van der Waals surface area contributed by atoms with Crippen LogP contribution in [0.2, 0.25) is 0 Å². The number of nitrogens with two attached hydrogens (primary N) is 1. The molecular formula is C13H17NO2. The molecule has 1 unspecified atom stereocenters. The number of carbonyl (C=O) groups excluding carboxylic acids is 1. The van der Waals surface area contributed by atoms with Crippen molar-refractivity contribution >= 4 is 5.78 Å². The lowest BCUT2D eigenvalue weighted by atomic mass is 9.94. The second-order valence-corrected chi connectivity index (χ2v) is 4.13. The number of Topliss-reactive ketones (excluding diaryl/α,β-unsaturated/α-hetero) is 1. The Morgan fingerprint density at radius 2 is 2.38 bits per heavy atom. The van der Waals surface area contributed by atoms with Crippen molar-refractivity contribution in [3.05, 3.63) is 29.3 Å². The van der Waals surface area contributed by atoms with Crippen molar-refractivity contribution in [2.75, 3.05) is 13.2 Å². The van der Waals surface area contributed by atoms with Crippen molar-refractivity contribution in [2.24, 2.45) is 11.7 Å². The van der Waals surface area contributed by atoms with E-state index in [0.29, 0.717) is 6.54 Å². The maximum atomic E-state index is 12.1. The summed E-state index contributed by atoms with van der Waals surface area (Å²) in [6, 6.07) is 5.67. The van der Waals surface area contributed by atoms with Crippen molar-refractivity contribution in [3.63, 3.8) is 0 Å². The summed E-state index contributed by atoms with van der Waals surface area (Å²) < 4.78 is 5.41. The standard InChI is InChI=1S/C13H17NO2/c1-2-9(8-14)13(15)11-3-4-12-10(7-11)5-6-16-12/h3-4,7,9H,2,5-6,8,14H2,1H3. The molecule has 1 aromatic rings. The molecule has 0 radical (unpaired) electrons. The van der Waals surface area contributed by atoms with Gasteiger partial charge in [0.05, 0.1) is 6.61 Å². The fraction of sp³-hybridized carbons (Fsp3) is 0.462. The van der Waals surface area contributed by atoms with Gasteiger partial charge in [0, 0.05) is 24.4 Å². The minimum atomic E-state index is -0.0552. The summed E-state index contributed by atoms with van der Waals surface area (Å²) in [6.45, 7) is 3.13. The van der Waals surface area contributed by atoms with Crippen LogP contribution in [0.1, 0.15) is 29.3 Å². The van der Waals surface area contributed by atoms with Crippen LogP contribution >= 0.6 is 0 Å². The highest BCUT2D eigenvalue weighted by atomic mass is 16.5. The maximum absolute atomic E-state index is 12.1. The normalized spacial score (nSPS) is 15.4. The summed E-state index contributed by atoms with van der Waals surface area (Å²) in [5, 5.41) is 0. The molecule has 0 fully saturated rings.